The molecule has 0 atom stereocenters. The van der Waals surface area contributed by atoms with E-state index in [1.807, 2.05) is 30.3 Å². The molecule has 17 heavy (non-hydrogen) atoms. The van der Waals surface area contributed by atoms with Gasteiger partial charge in [-0.1, -0.05) is 18.2 Å². The molecule has 0 saturated heterocycles. The topological polar surface area (TPSA) is 9.23 Å². The van der Waals surface area contributed by atoms with Crippen LogP contribution < -0.4 is 4.74 Å². The minimum Gasteiger partial charge on any atom is -0.457 e. The van der Waals surface area contributed by atoms with Gasteiger partial charge < -0.3 is 4.74 Å². The quantitative estimate of drug-likeness (QED) is 0.754. The van der Waals surface area contributed by atoms with Crippen molar-refractivity contribution in [2.45, 2.75) is 12.8 Å². The van der Waals surface area contributed by atoms with Crippen LogP contribution in [-0.4, -0.2) is 0 Å². The van der Waals surface area contributed by atoms with Crippen LogP contribution in [0.5, 0.6) is 11.5 Å². The summed E-state index contributed by atoms with van der Waals surface area (Å²) in [5.41, 5.74) is -0.0158. The second kappa shape index (κ2) is 4.53. The minimum atomic E-state index is -2.81. The molecule has 1 nitrogen and oxygen atoms in total. The fourth-order valence-corrected chi connectivity index (χ4v) is 1.44. The van der Waals surface area contributed by atoms with Gasteiger partial charge in [0.2, 0.25) is 0 Å². The van der Waals surface area contributed by atoms with Crippen LogP contribution >= 0.6 is 0 Å². The molecule has 0 amide bonds. The molecule has 0 aromatic heterocycles. The molecule has 0 unspecified atom stereocenters. The van der Waals surface area contributed by atoms with Crippen molar-refractivity contribution in [3.05, 3.63) is 60.2 Å². The summed E-state index contributed by atoms with van der Waals surface area (Å²) in [6, 6.07) is 15.0. The first-order valence-corrected chi connectivity index (χ1v) is 5.27. The zero-order chi connectivity index (χ0) is 12.3. The van der Waals surface area contributed by atoms with Crippen LogP contribution in [0, 0.1) is 0 Å². The van der Waals surface area contributed by atoms with E-state index in [1.165, 1.54) is 12.1 Å². The number of halogens is 2. The van der Waals surface area contributed by atoms with E-state index in [2.05, 4.69) is 0 Å². The Morgan fingerprint density at radius 3 is 1.88 bits per heavy atom. The highest BCUT2D eigenvalue weighted by Crippen LogP contribution is 2.29. The van der Waals surface area contributed by atoms with Gasteiger partial charge in [0.05, 0.1) is 0 Å². The Balaban J connectivity index is 2.14. The fraction of sp³-hybridized carbons (Fsp3) is 0.143. The maximum Gasteiger partial charge on any atom is 0.270 e. The fourth-order valence-electron chi connectivity index (χ4n) is 1.44. The van der Waals surface area contributed by atoms with E-state index >= 15 is 0 Å². The van der Waals surface area contributed by atoms with E-state index in [-0.39, 0.29) is 5.56 Å². The number of benzene rings is 2. The van der Waals surface area contributed by atoms with Crippen LogP contribution in [0.2, 0.25) is 0 Å². The normalized spacial score (nSPS) is 11.2. The van der Waals surface area contributed by atoms with Gasteiger partial charge in [-0.25, -0.2) is 8.78 Å². The molecule has 0 bridgehead atoms. The van der Waals surface area contributed by atoms with Crippen molar-refractivity contribution in [2.75, 3.05) is 0 Å². The third-order valence-corrected chi connectivity index (χ3v) is 2.34. The Hall–Kier alpha value is -1.90. The number of ether oxygens (including phenoxy) is 1. The van der Waals surface area contributed by atoms with E-state index in [0.717, 1.165) is 6.92 Å². The highest BCUT2D eigenvalue weighted by Gasteiger charge is 2.23. The summed E-state index contributed by atoms with van der Waals surface area (Å²) >= 11 is 0. The molecule has 0 aliphatic rings. The molecule has 0 heterocycles. The van der Waals surface area contributed by atoms with Gasteiger partial charge in [-0.15, -0.1) is 0 Å². The van der Waals surface area contributed by atoms with E-state index in [4.69, 9.17) is 4.74 Å². The lowest BCUT2D eigenvalue weighted by atomic mass is 10.1. The van der Waals surface area contributed by atoms with Crippen LogP contribution in [0.15, 0.2) is 54.6 Å². The molecule has 0 saturated carbocycles. The molecule has 2 aromatic rings. The summed E-state index contributed by atoms with van der Waals surface area (Å²) in [6.07, 6.45) is 0. The second-order valence-electron chi connectivity index (χ2n) is 3.83. The zero-order valence-electron chi connectivity index (χ0n) is 9.36. The standard InChI is InChI=1S/C14H12F2O/c1-14(15,16)11-7-9-13(10-8-11)17-12-5-3-2-4-6-12/h2-10H,1H3. The Morgan fingerprint density at radius 2 is 1.35 bits per heavy atom. The molecule has 3 heteroatoms. The van der Waals surface area contributed by atoms with Crippen LogP contribution in [0.4, 0.5) is 8.78 Å². The third kappa shape index (κ3) is 3.03. The van der Waals surface area contributed by atoms with Crippen molar-refractivity contribution in [1.82, 2.24) is 0 Å². The van der Waals surface area contributed by atoms with Gasteiger partial charge in [-0.05, 0) is 36.4 Å². The van der Waals surface area contributed by atoms with Crippen LogP contribution in [0.25, 0.3) is 0 Å². The molecule has 88 valence electrons. The predicted octanol–water partition coefficient (Wildman–Crippen LogP) is 4.59. The maximum absolute atomic E-state index is 13.0. The lowest BCUT2D eigenvalue weighted by molar-refractivity contribution is 0.0174. The Labute approximate surface area is 98.7 Å². The Morgan fingerprint density at radius 1 is 0.824 bits per heavy atom. The monoisotopic (exact) mass is 234 g/mol. The largest absolute Gasteiger partial charge is 0.457 e. The molecule has 2 rings (SSSR count). The molecular formula is C14H12F2O. The van der Waals surface area contributed by atoms with Crippen LogP contribution in [0.3, 0.4) is 0 Å². The van der Waals surface area contributed by atoms with Crippen molar-refractivity contribution < 1.29 is 13.5 Å². The molecule has 0 aliphatic heterocycles. The number of hydrogen-bond acceptors (Lipinski definition) is 1. The first kappa shape index (κ1) is 11.6. The van der Waals surface area contributed by atoms with Crippen molar-refractivity contribution in [2.24, 2.45) is 0 Å². The number of alkyl halides is 2. The Kier molecular flexibility index (Phi) is 3.09. The SMILES string of the molecule is CC(F)(F)c1ccc(Oc2ccccc2)cc1. The zero-order valence-corrected chi connectivity index (χ0v) is 9.36. The lowest BCUT2D eigenvalue weighted by Gasteiger charge is -2.11. The summed E-state index contributed by atoms with van der Waals surface area (Å²) in [7, 11) is 0. The summed E-state index contributed by atoms with van der Waals surface area (Å²) < 4.78 is 31.4. The van der Waals surface area contributed by atoms with Crippen LogP contribution in [-0.2, 0) is 5.92 Å². The van der Waals surface area contributed by atoms with Crippen molar-refractivity contribution in [1.29, 1.82) is 0 Å². The van der Waals surface area contributed by atoms with Crippen molar-refractivity contribution in [3.63, 3.8) is 0 Å². The summed E-state index contributed by atoms with van der Waals surface area (Å²) in [4.78, 5) is 0. The summed E-state index contributed by atoms with van der Waals surface area (Å²) in [6.45, 7) is 0.875. The van der Waals surface area contributed by atoms with E-state index < -0.39 is 5.92 Å². The number of rotatable bonds is 3. The Bertz CT molecular complexity index is 472. The van der Waals surface area contributed by atoms with Gasteiger partial charge in [0, 0.05) is 12.5 Å². The number of hydrogen-bond donors (Lipinski definition) is 0. The van der Waals surface area contributed by atoms with Gasteiger partial charge in [-0.2, -0.15) is 0 Å². The average Bonchev–Trinajstić information content (AvgIpc) is 2.30. The minimum absolute atomic E-state index is 0.0158. The summed E-state index contributed by atoms with van der Waals surface area (Å²) in [5.74, 6) is -1.58. The molecule has 0 N–H and O–H groups in total. The third-order valence-electron chi connectivity index (χ3n) is 2.34. The molecule has 2 aromatic carbocycles. The van der Waals surface area contributed by atoms with Crippen molar-refractivity contribution in [3.8, 4) is 11.5 Å². The number of para-hydroxylation sites is 1. The molecule has 0 radical (unpaired) electrons. The lowest BCUT2D eigenvalue weighted by Crippen LogP contribution is -2.06. The van der Waals surface area contributed by atoms with E-state index in [1.54, 1.807) is 12.1 Å². The van der Waals surface area contributed by atoms with Gasteiger partial charge in [-0.3, -0.25) is 0 Å². The van der Waals surface area contributed by atoms with E-state index in [0.29, 0.717) is 11.5 Å². The molecular weight excluding hydrogens is 222 g/mol. The first-order chi connectivity index (χ1) is 8.05. The van der Waals surface area contributed by atoms with Gasteiger partial charge in [0.1, 0.15) is 11.5 Å². The predicted molar refractivity (Wildman–Crippen MR) is 62.5 cm³/mol. The molecule has 0 fully saturated rings. The molecule has 0 spiro atoms. The smallest absolute Gasteiger partial charge is 0.270 e. The highest BCUT2D eigenvalue weighted by molar-refractivity contribution is 5.34. The van der Waals surface area contributed by atoms with Crippen molar-refractivity contribution >= 4 is 0 Å². The van der Waals surface area contributed by atoms with Crippen LogP contribution in [0.1, 0.15) is 12.5 Å². The summed E-state index contributed by atoms with van der Waals surface area (Å²) in [5, 5.41) is 0. The highest BCUT2D eigenvalue weighted by atomic mass is 19.3. The van der Waals surface area contributed by atoms with Gasteiger partial charge in [0.25, 0.3) is 5.92 Å². The van der Waals surface area contributed by atoms with Gasteiger partial charge >= 0.3 is 0 Å². The average molecular weight is 234 g/mol. The first-order valence-electron chi connectivity index (χ1n) is 5.27. The maximum atomic E-state index is 13.0. The van der Waals surface area contributed by atoms with E-state index in [9.17, 15) is 8.78 Å². The second-order valence-corrected chi connectivity index (χ2v) is 3.83. The molecule has 0 aliphatic carbocycles. The van der Waals surface area contributed by atoms with Gasteiger partial charge in [0.15, 0.2) is 0 Å².